The average molecular weight is 349 g/mol. The van der Waals surface area contributed by atoms with Crippen molar-refractivity contribution in [2.75, 3.05) is 0 Å². The molecule has 8 nitrogen and oxygen atoms in total. The van der Waals surface area contributed by atoms with E-state index in [1.54, 1.807) is 6.07 Å². The molecule has 0 aliphatic carbocycles. The van der Waals surface area contributed by atoms with Gasteiger partial charge in [-0.1, -0.05) is 38.5 Å². The largest absolute Gasteiger partial charge is 0.481 e. The normalized spacial score (nSPS) is 11.0. The van der Waals surface area contributed by atoms with Gasteiger partial charge in [0.1, 0.15) is 5.52 Å². The Morgan fingerprint density at radius 2 is 1.60 bits per heavy atom. The smallest absolute Gasteiger partial charge is 0.303 e. The summed E-state index contributed by atoms with van der Waals surface area (Å²) in [5, 5.41) is 26.9. The maximum absolute atomic E-state index is 11.0. The quantitative estimate of drug-likeness (QED) is 0.345. The van der Waals surface area contributed by atoms with E-state index >= 15 is 0 Å². The van der Waals surface area contributed by atoms with Gasteiger partial charge in [0.05, 0.1) is 4.92 Å². The number of aromatic nitrogens is 2. The van der Waals surface area contributed by atoms with Gasteiger partial charge in [-0.3, -0.25) is 14.9 Å². The lowest BCUT2D eigenvalue weighted by Gasteiger charge is -2.03. The Kier molecular flexibility index (Phi) is 7.31. The highest BCUT2D eigenvalue weighted by molar-refractivity contribution is 5.85. The van der Waals surface area contributed by atoms with E-state index in [1.807, 2.05) is 0 Å². The molecule has 0 aliphatic heterocycles. The SMILES string of the molecule is O=C(O)CCCCCCCCCCc1ccc([N+](=O)[O-])c2nonc12. The zero-order valence-electron chi connectivity index (χ0n) is 14.1. The van der Waals surface area contributed by atoms with Gasteiger partial charge in [0.15, 0.2) is 0 Å². The van der Waals surface area contributed by atoms with Crippen LogP contribution in [-0.2, 0) is 11.2 Å². The van der Waals surface area contributed by atoms with E-state index in [2.05, 4.69) is 14.9 Å². The minimum absolute atomic E-state index is 0.0806. The van der Waals surface area contributed by atoms with E-state index in [9.17, 15) is 14.9 Å². The summed E-state index contributed by atoms with van der Waals surface area (Å²) in [5.74, 6) is -0.720. The number of non-ortho nitro benzene ring substituents is 1. The fraction of sp³-hybridized carbons (Fsp3) is 0.588. The summed E-state index contributed by atoms with van der Waals surface area (Å²) in [6, 6.07) is 3.19. The number of carbonyl (C=O) groups is 1. The number of nitro groups is 1. The Bertz CT molecular complexity index is 713. The number of aryl methyl sites for hydroxylation is 1. The first-order valence-corrected chi connectivity index (χ1v) is 8.70. The van der Waals surface area contributed by atoms with Crippen LogP contribution in [0.4, 0.5) is 5.69 Å². The summed E-state index contributed by atoms with van der Waals surface area (Å²) in [6.07, 6.45) is 9.36. The zero-order valence-corrected chi connectivity index (χ0v) is 14.1. The van der Waals surface area contributed by atoms with Crippen LogP contribution in [0.3, 0.4) is 0 Å². The fourth-order valence-corrected chi connectivity index (χ4v) is 2.91. The zero-order chi connectivity index (χ0) is 18.1. The van der Waals surface area contributed by atoms with Crippen LogP contribution in [0.5, 0.6) is 0 Å². The second-order valence-corrected chi connectivity index (χ2v) is 6.18. The molecule has 0 atom stereocenters. The van der Waals surface area contributed by atoms with Crippen molar-refractivity contribution in [1.82, 2.24) is 10.3 Å². The maximum Gasteiger partial charge on any atom is 0.303 e. The third-order valence-corrected chi connectivity index (χ3v) is 4.26. The molecule has 0 bridgehead atoms. The highest BCUT2D eigenvalue weighted by atomic mass is 16.6. The summed E-state index contributed by atoms with van der Waals surface area (Å²) in [4.78, 5) is 20.9. The number of fused-ring (bicyclic) bond motifs is 1. The van der Waals surface area contributed by atoms with Gasteiger partial charge in [0.25, 0.3) is 0 Å². The van der Waals surface area contributed by atoms with Crippen LogP contribution in [0.15, 0.2) is 16.8 Å². The number of carboxylic acids is 1. The van der Waals surface area contributed by atoms with Crippen molar-refractivity contribution in [2.45, 2.75) is 64.2 Å². The van der Waals surface area contributed by atoms with Crippen molar-refractivity contribution >= 4 is 22.7 Å². The lowest BCUT2D eigenvalue weighted by atomic mass is 10.0. The van der Waals surface area contributed by atoms with E-state index in [1.165, 1.54) is 6.07 Å². The first-order chi connectivity index (χ1) is 12.1. The number of nitrogens with zero attached hydrogens (tertiary/aromatic N) is 3. The number of hydrogen-bond donors (Lipinski definition) is 1. The molecule has 1 aromatic carbocycles. The van der Waals surface area contributed by atoms with Gasteiger partial charge in [-0.05, 0) is 41.2 Å². The van der Waals surface area contributed by atoms with E-state index in [0.717, 1.165) is 63.4 Å². The monoisotopic (exact) mass is 349 g/mol. The molecular formula is C17H23N3O5. The van der Waals surface area contributed by atoms with Crippen molar-refractivity contribution in [2.24, 2.45) is 0 Å². The Balaban J connectivity index is 1.65. The molecule has 0 saturated heterocycles. The number of benzene rings is 1. The van der Waals surface area contributed by atoms with Crippen LogP contribution in [-0.4, -0.2) is 26.3 Å². The standard InChI is InChI=1S/C17H23N3O5/c21-15(22)10-8-6-4-2-1-3-5-7-9-13-11-12-14(20(23)24)17-16(13)18-25-19-17/h11-12H,1-10H2,(H,21,22). The molecule has 2 rings (SSSR count). The van der Waals surface area contributed by atoms with Crippen LogP contribution >= 0.6 is 0 Å². The van der Waals surface area contributed by atoms with Crippen molar-refractivity contribution in [3.8, 4) is 0 Å². The molecule has 0 spiro atoms. The molecule has 0 saturated carbocycles. The number of rotatable bonds is 12. The van der Waals surface area contributed by atoms with Crippen LogP contribution in [0.25, 0.3) is 11.0 Å². The molecule has 8 heteroatoms. The molecule has 0 fully saturated rings. The molecule has 2 aromatic rings. The van der Waals surface area contributed by atoms with Gasteiger partial charge in [-0.25, -0.2) is 4.63 Å². The number of aliphatic carboxylic acids is 1. The van der Waals surface area contributed by atoms with Crippen molar-refractivity contribution in [1.29, 1.82) is 0 Å². The predicted molar refractivity (Wildman–Crippen MR) is 91.4 cm³/mol. The summed E-state index contributed by atoms with van der Waals surface area (Å²) in [6.45, 7) is 0. The highest BCUT2D eigenvalue weighted by Crippen LogP contribution is 2.26. The second-order valence-electron chi connectivity index (χ2n) is 6.18. The first-order valence-electron chi connectivity index (χ1n) is 8.70. The molecule has 0 amide bonds. The second kappa shape index (κ2) is 9.71. The minimum Gasteiger partial charge on any atom is -0.481 e. The van der Waals surface area contributed by atoms with Crippen molar-refractivity contribution in [3.05, 3.63) is 27.8 Å². The van der Waals surface area contributed by atoms with Gasteiger partial charge in [0.2, 0.25) is 5.52 Å². The third-order valence-electron chi connectivity index (χ3n) is 4.26. The number of carboxylic acid groups (broad SMARTS) is 1. The third kappa shape index (κ3) is 5.81. The molecule has 25 heavy (non-hydrogen) atoms. The topological polar surface area (TPSA) is 119 Å². The van der Waals surface area contributed by atoms with Crippen LogP contribution in [0, 0.1) is 10.1 Å². The van der Waals surface area contributed by atoms with Crippen LogP contribution in [0.1, 0.15) is 63.4 Å². The van der Waals surface area contributed by atoms with Gasteiger partial charge < -0.3 is 5.11 Å². The molecular weight excluding hydrogens is 326 g/mol. The van der Waals surface area contributed by atoms with E-state index in [4.69, 9.17) is 5.11 Å². The van der Waals surface area contributed by atoms with Crippen molar-refractivity contribution in [3.63, 3.8) is 0 Å². The number of nitro benzene ring substituents is 1. The van der Waals surface area contributed by atoms with Crippen LogP contribution in [0.2, 0.25) is 0 Å². The number of unbranched alkanes of at least 4 members (excludes halogenated alkanes) is 7. The lowest BCUT2D eigenvalue weighted by molar-refractivity contribution is -0.383. The number of hydrogen-bond acceptors (Lipinski definition) is 6. The highest BCUT2D eigenvalue weighted by Gasteiger charge is 2.19. The van der Waals surface area contributed by atoms with Gasteiger partial charge in [-0.2, -0.15) is 0 Å². The van der Waals surface area contributed by atoms with E-state index in [-0.39, 0.29) is 17.6 Å². The first kappa shape index (κ1) is 18.8. The Morgan fingerprint density at radius 3 is 2.24 bits per heavy atom. The summed E-state index contributed by atoms with van der Waals surface area (Å²) in [5.41, 5.74) is 1.54. The molecule has 1 heterocycles. The van der Waals surface area contributed by atoms with E-state index in [0.29, 0.717) is 5.52 Å². The minimum atomic E-state index is -0.720. The molecule has 0 unspecified atom stereocenters. The van der Waals surface area contributed by atoms with Gasteiger partial charge >= 0.3 is 11.7 Å². The Labute approximate surface area is 145 Å². The molecule has 0 radical (unpaired) electrons. The maximum atomic E-state index is 11.0. The molecule has 0 aliphatic rings. The van der Waals surface area contributed by atoms with E-state index < -0.39 is 10.9 Å². The summed E-state index contributed by atoms with van der Waals surface area (Å²) in [7, 11) is 0. The van der Waals surface area contributed by atoms with Crippen molar-refractivity contribution < 1.29 is 19.5 Å². The fourth-order valence-electron chi connectivity index (χ4n) is 2.91. The van der Waals surface area contributed by atoms with Gasteiger partial charge in [-0.15, -0.1) is 0 Å². The molecule has 136 valence electrons. The van der Waals surface area contributed by atoms with Crippen LogP contribution < -0.4 is 0 Å². The molecule has 1 aromatic heterocycles. The summed E-state index contributed by atoms with van der Waals surface area (Å²) < 4.78 is 4.66. The predicted octanol–water partition coefficient (Wildman–Crippen LogP) is 4.27. The lowest BCUT2D eigenvalue weighted by Crippen LogP contribution is -1.94. The molecule has 1 N–H and O–H groups in total. The summed E-state index contributed by atoms with van der Waals surface area (Å²) >= 11 is 0. The average Bonchev–Trinajstić information content (AvgIpc) is 3.05. The Morgan fingerprint density at radius 1 is 1.00 bits per heavy atom. The van der Waals surface area contributed by atoms with Gasteiger partial charge in [0, 0.05) is 12.5 Å². The Hall–Kier alpha value is -2.51.